The van der Waals surface area contributed by atoms with Crippen LogP contribution in [-0.4, -0.2) is 21.3 Å². The number of aromatic amines is 2. The molecule has 1 aromatic carbocycles. The molecule has 4 nitrogen and oxygen atoms in total. The summed E-state index contributed by atoms with van der Waals surface area (Å²) in [6.07, 6.45) is 3.61. The van der Waals surface area contributed by atoms with Crippen LogP contribution in [0.1, 0.15) is 16.8 Å². The number of allylic oxidation sites excluding steroid dienone is 1. The van der Waals surface area contributed by atoms with Gasteiger partial charge < -0.3 is 15.1 Å². The van der Waals surface area contributed by atoms with Crippen molar-refractivity contribution in [2.24, 2.45) is 4.99 Å². The third-order valence-electron chi connectivity index (χ3n) is 2.84. The zero-order valence-electron chi connectivity index (χ0n) is 9.69. The first-order valence-electron chi connectivity index (χ1n) is 5.51. The van der Waals surface area contributed by atoms with Gasteiger partial charge in [-0.3, -0.25) is 4.99 Å². The minimum atomic E-state index is 0.0435. The van der Waals surface area contributed by atoms with Crippen molar-refractivity contribution in [2.75, 3.05) is 0 Å². The molecule has 90 valence electrons. The molecule has 0 bridgehead atoms. The molecular formula is C13H11N3OS. The molecule has 0 amide bonds. The largest absolute Gasteiger partial charge is 0.493 e. The summed E-state index contributed by atoms with van der Waals surface area (Å²) >= 11 is 4.93. The Balaban J connectivity index is 2.11. The first-order chi connectivity index (χ1) is 8.63. The summed E-state index contributed by atoms with van der Waals surface area (Å²) in [4.78, 5) is 9.86. The maximum absolute atomic E-state index is 9.65. The molecule has 3 rings (SSSR count). The Morgan fingerprint density at radius 3 is 2.89 bits per heavy atom. The van der Waals surface area contributed by atoms with E-state index in [1.54, 1.807) is 6.21 Å². The first kappa shape index (κ1) is 11.0. The van der Waals surface area contributed by atoms with E-state index in [2.05, 4.69) is 21.0 Å². The molecule has 0 fully saturated rings. The Labute approximate surface area is 109 Å². The van der Waals surface area contributed by atoms with Crippen LogP contribution in [0.4, 0.5) is 5.69 Å². The second-order valence-corrected chi connectivity index (χ2v) is 4.63. The molecule has 1 aliphatic rings. The Morgan fingerprint density at radius 1 is 1.33 bits per heavy atom. The molecule has 0 saturated carbocycles. The summed E-state index contributed by atoms with van der Waals surface area (Å²) < 4.78 is 0.402. The summed E-state index contributed by atoms with van der Waals surface area (Å²) in [6.45, 7) is 2.04. The van der Waals surface area contributed by atoms with E-state index in [1.165, 1.54) is 5.56 Å². The molecule has 1 aromatic heterocycles. The number of hydrogen-bond donors (Lipinski definition) is 3. The smallest absolute Gasteiger partial charge is 0.215 e. The standard InChI is InChI=1S/C13H11N3OS/c1-7-2-3-10-9(4-7)8(6-14-10)5-11-12(17)16-13(18)15-11/h2-6,17H,1H3,(H2,15,16,18)/b8-5+. The lowest BCUT2D eigenvalue weighted by atomic mass is 10.0. The van der Waals surface area contributed by atoms with Crippen molar-refractivity contribution >= 4 is 35.8 Å². The minimum absolute atomic E-state index is 0.0435. The van der Waals surface area contributed by atoms with Gasteiger partial charge in [-0.1, -0.05) is 11.6 Å². The topological polar surface area (TPSA) is 64.2 Å². The lowest BCUT2D eigenvalue weighted by molar-refractivity contribution is 0.455. The molecule has 5 heteroatoms. The number of nitrogens with zero attached hydrogens (tertiary/aromatic N) is 1. The van der Waals surface area contributed by atoms with Gasteiger partial charge in [0.1, 0.15) is 5.69 Å². The van der Waals surface area contributed by atoms with Crippen LogP contribution < -0.4 is 0 Å². The molecule has 0 saturated heterocycles. The molecule has 0 unspecified atom stereocenters. The van der Waals surface area contributed by atoms with Gasteiger partial charge in [-0.2, -0.15) is 0 Å². The van der Waals surface area contributed by atoms with E-state index in [0.29, 0.717) is 10.5 Å². The predicted molar refractivity (Wildman–Crippen MR) is 74.8 cm³/mol. The van der Waals surface area contributed by atoms with E-state index in [9.17, 15) is 5.11 Å². The number of fused-ring (bicyclic) bond motifs is 1. The molecule has 0 atom stereocenters. The normalized spacial score (nSPS) is 15.3. The quantitative estimate of drug-likeness (QED) is 0.686. The minimum Gasteiger partial charge on any atom is -0.493 e. The van der Waals surface area contributed by atoms with Gasteiger partial charge >= 0.3 is 0 Å². The second kappa shape index (κ2) is 3.96. The van der Waals surface area contributed by atoms with Gasteiger partial charge in [0, 0.05) is 17.4 Å². The molecule has 0 radical (unpaired) electrons. The zero-order chi connectivity index (χ0) is 12.7. The highest BCUT2D eigenvalue weighted by molar-refractivity contribution is 7.71. The van der Waals surface area contributed by atoms with Gasteiger partial charge in [0.25, 0.3) is 0 Å². The third kappa shape index (κ3) is 1.78. The van der Waals surface area contributed by atoms with Crippen LogP contribution >= 0.6 is 12.2 Å². The summed E-state index contributed by atoms with van der Waals surface area (Å²) in [5.41, 5.74) is 4.71. The summed E-state index contributed by atoms with van der Waals surface area (Å²) in [6, 6.07) is 6.09. The van der Waals surface area contributed by atoms with Gasteiger partial charge in [0.05, 0.1) is 5.69 Å². The maximum atomic E-state index is 9.65. The Bertz CT molecular complexity index is 737. The van der Waals surface area contributed by atoms with Crippen LogP contribution in [0.2, 0.25) is 0 Å². The molecule has 2 aromatic rings. The van der Waals surface area contributed by atoms with Crippen molar-refractivity contribution in [3.63, 3.8) is 0 Å². The van der Waals surface area contributed by atoms with E-state index in [0.717, 1.165) is 16.8 Å². The summed E-state index contributed by atoms with van der Waals surface area (Å²) in [5.74, 6) is 0.0435. The molecular weight excluding hydrogens is 246 g/mol. The number of benzene rings is 1. The molecule has 3 N–H and O–H groups in total. The molecule has 2 heterocycles. The number of imidazole rings is 1. The van der Waals surface area contributed by atoms with Crippen molar-refractivity contribution < 1.29 is 5.11 Å². The van der Waals surface area contributed by atoms with E-state index >= 15 is 0 Å². The Kier molecular flexibility index (Phi) is 2.41. The van der Waals surface area contributed by atoms with Crippen LogP contribution in [-0.2, 0) is 0 Å². The summed E-state index contributed by atoms with van der Waals surface area (Å²) in [5, 5.41) is 9.65. The Morgan fingerprint density at radius 2 is 2.17 bits per heavy atom. The van der Waals surface area contributed by atoms with Crippen molar-refractivity contribution in [3.8, 4) is 5.88 Å². The van der Waals surface area contributed by atoms with Crippen LogP contribution in [0.15, 0.2) is 23.2 Å². The van der Waals surface area contributed by atoms with Crippen LogP contribution in [0, 0.1) is 11.7 Å². The third-order valence-corrected chi connectivity index (χ3v) is 3.04. The zero-order valence-corrected chi connectivity index (χ0v) is 10.5. The summed E-state index contributed by atoms with van der Waals surface area (Å²) in [7, 11) is 0. The van der Waals surface area contributed by atoms with Gasteiger partial charge in [-0.25, -0.2) is 0 Å². The van der Waals surface area contributed by atoms with E-state index in [1.807, 2.05) is 25.1 Å². The number of aromatic nitrogens is 2. The predicted octanol–water partition coefficient (Wildman–Crippen LogP) is 3.34. The number of H-pyrrole nitrogens is 2. The lowest BCUT2D eigenvalue weighted by Crippen LogP contribution is -1.83. The number of aromatic hydroxyl groups is 1. The van der Waals surface area contributed by atoms with Gasteiger partial charge in [0.2, 0.25) is 5.88 Å². The number of aryl methyl sites for hydroxylation is 1. The van der Waals surface area contributed by atoms with E-state index in [-0.39, 0.29) is 5.88 Å². The van der Waals surface area contributed by atoms with Crippen molar-refractivity contribution in [2.45, 2.75) is 6.92 Å². The highest BCUT2D eigenvalue weighted by Gasteiger charge is 2.13. The van der Waals surface area contributed by atoms with Crippen molar-refractivity contribution in [1.82, 2.24) is 9.97 Å². The number of nitrogens with one attached hydrogen (secondary N) is 2. The monoisotopic (exact) mass is 257 g/mol. The number of hydrogen-bond acceptors (Lipinski definition) is 3. The fourth-order valence-corrected chi connectivity index (χ4v) is 2.17. The van der Waals surface area contributed by atoms with Crippen LogP contribution in [0.5, 0.6) is 5.88 Å². The second-order valence-electron chi connectivity index (χ2n) is 4.22. The van der Waals surface area contributed by atoms with Crippen molar-refractivity contribution in [3.05, 3.63) is 39.8 Å². The first-order valence-corrected chi connectivity index (χ1v) is 5.92. The number of aliphatic imine (C=N–C) groups is 1. The highest BCUT2D eigenvalue weighted by atomic mass is 32.1. The van der Waals surface area contributed by atoms with Crippen LogP contribution in [0.25, 0.3) is 11.6 Å². The average Bonchev–Trinajstić information content (AvgIpc) is 2.84. The van der Waals surface area contributed by atoms with Gasteiger partial charge in [0.15, 0.2) is 4.77 Å². The fourth-order valence-electron chi connectivity index (χ4n) is 1.96. The van der Waals surface area contributed by atoms with Gasteiger partial charge in [-0.05, 0) is 37.4 Å². The fraction of sp³-hybridized carbons (Fsp3) is 0.0769. The van der Waals surface area contributed by atoms with E-state index in [4.69, 9.17) is 12.2 Å². The maximum Gasteiger partial charge on any atom is 0.215 e. The number of rotatable bonds is 1. The highest BCUT2D eigenvalue weighted by Crippen LogP contribution is 2.33. The SMILES string of the molecule is Cc1ccc2c(c1)/C(=C/c1[nH]c(=S)[nH]c1O)C=N2. The van der Waals surface area contributed by atoms with E-state index < -0.39 is 0 Å². The van der Waals surface area contributed by atoms with Gasteiger partial charge in [-0.15, -0.1) is 0 Å². The Hall–Kier alpha value is -2.14. The van der Waals surface area contributed by atoms with Crippen LogP contribution in [0.3, 0.4) is 0 Å². The molecule has 0 spiro atoms. The molecule has 18 heavy (non-hydrogen) atoms. The molecule has 0 aliphatic carbocycles. The molecule has 1 aliphatic heterocycles. The van der Waals surface area contributed by atoms with Crippen molar-refractivity contribution in [1.29, 1.82) is 0 Å². The lowest BCUT2D eigenvalue weighted by Gasteiger charge is -2.00. The average molecular weight is 257 g/mol.